The number of allylic oxidation sites excluding steroid dienone is 7. The molecule has 9 heteroatoms. The van der Waals surface area contributed by atoms with Gasteiger partial charge in [0.25, 0.3) is 0 Å². The number of benzene rings is 14. The van der Waals surface area contributed by atoms with Crippen molar-refractivity contribution in [3.8, 4) is 22.3 Å². The molecule has 1 aliphatic heterocycles. The topological polar surface area (TPSA) is 32.8 Å². The molecule has 0 amide bonds. The van der Waals surface area contributed by atoms with Gasteiger partial charge in [0.15, 0.2) is 27.3 Å². The quantitative estimate of drug-likeness (QED) is 0.0487. The van der Waals surface area contributed by atoms with Gasteiger partial charge in [-0.15, -0.1) is 0 Å². The first-order valence-corrected chi connectivity index (χ1v) is 45.7. The lowest BCUT2D eigenvalue weighted by atomic mass is 9.90. The van der Waals surface area contributed by atoms with Gasteiger partial charge in [-0.25, -0.2) is 8.78 Å². The Bertz CT molecular complexity index is 6690. The summed E-state index contributed by atoms with van der Waals surface area (Å²) in [6.07, 6.45) is 15.9. The normalized spacial score (nSPS) is 13.2. The number of fused-ring (bicyclic) bond motifs is 7. The molecule has 0 saturated heterocycles. The van der Waals surface area contributed by atoms with Crippen molar-refractivity contribution in [2.24, 2.45) is 0 Å². The van der Waals surface area contributed by atoms with Crippen molar-refractivity contribution in [1.29, 1.82) is 0 Å². The third-order valence-electron chi connectivity index (χ3n) is 23.3. The Morgan fingerprint density at radius 1 is 0.360 bits per heavy atom. The summed E-state index contributed by atoms with van der Waals surface area (Å²) in [6.45, 7) is 8.89. The van der Waals surface area contributed by atoms with E-state index in [0.29, 0.717) is 45.0 Å². The molecule has 2 aromatic heterocycles. The highest BCUT2D eigenvalue weighted by atomic mass is 127. The lowest BCUT2D eigenvalue weighted by Crippen LogP contribution is -2.68. The number of rotatable bonds is 18. The minimum atomic E-state index is -2.92. The predicted octanol–water partition coefficient (Wildman–Crippen LogP) is 25.7. The fraction of sp³-hybridized carbons (Fsp3) is 0.0762. The molecule has 3 heterocycles. The van der Waals surface area contributed by atoms with E-state index in [2.05, 4.69) is 357 Å². The van der Waals surface area contributed by atoms with Crippen molar-refractivity contribution in [3.05, 3.63) is 407 Å². The number of anilines is 6. The number of furan rings is 2. The summed E-state index contributed by atoms with van der Waals surface area (Å²) in [6, 6.07) is 120. The van der Waals surface area contributed by atoms with Gasteiger partial charge in [0.2, 0.25) is 0 Å². The second-order valence-corrected chi connectivity index (χ2v) is 41.5. The molecule has 552 valence electrons. The van der Waals surface area contributed by atoms with Gasteiger partial charge in [-0.1, -0.05) is 370 Å². The molecule has 0 fully saturated rings. The molecule has 0 spiro atoms. The van der Waals surface area contributed by atoms with Crippen LogP contribution in [0.4, 0.5) is 42.9 Å². The van der Waals surface area contributed by atoms with Crippen molar-refractivity contribution in [3.63, 3.8) is 0 Å². The highest BCUT2D eigenvalue weighted by molar-refractivity contribution is 14.2. The van der Waals surface area contributed by atoms with Gasteiger partial charge < -0.3 is 18.6 Å². The summed E-state index contributed by atoms with van der Waals surface area (Å²) in [5, 5.41) is 16.4. The van der Waals surface area contributed by atoms with Gasteiger partial charge in [-0.2, -0.15) is 0 Å². The maximum atomic E-state index is 18.9. The van der Waals surface area contributed by atoms with Crippen LogP contribution in [-0.4, -0.2) is 20.2 Å². The summed E-state index contributed by atoms with van der Waals surface area (Å²) < 4.78 is 55.9. The lowest BCUT2D eigenvalue weighted by molar-refractivity contribution is 0.628. The van der Waals surface area contributed by atoms with E-state index in [9.17, 15) is 0 Å². The van der Waals surface area contributed by atoms with E-state index in [-0.39, 0.29) is 11.8 Å². The highest BCUT2D eigenvalue weighted by Gasteiger charge is 2.45. The van der Waals surface area contributed by atoms with Crippen LogP contribution in [0.25, 0.3) is 87.7 Å². The van der Waals surface area contributed by atoms with Gasteiger partial charge in [-0.05, 0) is 161 Å². The van der Waals surface area contributed by atoms with Crippen molar-refractivity contribution < 1.29 is 17.6 Å². The van der Waals surface area contributed by atoms with Crippen molar-refractivity contribution >= 4 is 172 Å². The molecular weight excluding hydrogens is 1540 g/mol. The van der Waals surface area contributed by atoms with Gasteiger partial charge in [0.1, 0.15) is 22.8 Å². The van der Waals surface area contributed by atoms with E-state index in [4.69, 9.17) is 8.83 Å². The molecule has 15 aromatic carbocycles. The molecule has 19 rings (SSSR count). The van der Waals surface area contributed by atoms with Crippen LogP contribution >= 0.6 is 20.7 Å². The Morgan fingerprint density at radius 2 is 0.825 bits per heavy atom. The average Bonchev–Trinajstić information content (AvgIpc) is 1.03. The lowest BCUT2D eigenvalue weighted by Gasteiger charge is -2.36. The van der Waals surface area contributed by atoms with Crippen LogP contribution in [0, 0.1) is 11.6 Å². The minimum Gasteiger partial charge on any atom is -0.454 e. The molecule has 4 nitrogen and oxygen atoms in total. The molecule has 114 heavy (non-hydrogen) atoms. The van der Waals surface area contributed by atoms with E-state index in [1.165, 1.54) is 39.5 Å². The van der Waals surface area contributed by atoms with Crippen LogP contribution in [0.5, 0.6) is 0 Å². The fourth-order valence-electron chi connectivity index (χ4n) is 18.0. The van der Waals surface area contributed by atoms with E-state index in [1.807, 2.05) is 48.5 Å². The smallest absolute Gasteiger partial charge is 0.185 e. The standard InChI is InChI=1S/C105H81F2IN2O2Si2/c1-70(2)74-31-26-46-86-92-67-75(97(68-74)109(95-51-29-47-89-87-42-20-22-53-99(87)111-104(89)95)102-83(44-27-49-93(102)106)72-56-61-81(62-57-72)113(76-32-10-5-11-33-76,77-34-12-6-13-35-77)78-36-14-7-15-37-78)60-65-85(92)91(71(3)4)69-98(86)110(96-52-30-48-90-88-43-21-23-54-100(88)112-105(90)96)103-84(45-28-50-94(103)107)73-58-63-82(64-59-73)114(79-38-16-8-17-39-79,80-40-18-9-19-41-80)101-55-24-25-66-108-101/h5-6,8-14,16-71H,7,15H2,1-4H3. The van der Waals surface area contributed by atoms with Crippen LogP contribution in [-0.2, 0) is 0 Å². The number of para-hydroxylation sites is 6. The summed E-state index contributed by atoms with van der Waals surface area (Å²) in [7, 11) is -5.78. The van der Waals surface area contributed by atoms with E-state index in [1.54, 1.807) is 12.1 Å². The minimum absolute atomic E-state index is 0.0194. The Balaban J connectivity index is 0.864. The molecule has 0 radical (unpaired) electrons. The summed E-state index contributed by atoms with van der Waals surface area (Å²) in [4.78, 5) is 4.27. The fourth-order valence-corrected chi connectivity index (χ4v) is 33.1. The zero-order valence-electron chi connectivity index (χ0n) is 63.8. The Morgan fingerprint density at radius 3 is 1.32 bits per heavy atom. The van der Waals surface area contributed by atoms with Crippen LogP contribution in [0.2, 0.25) is 0 Å². The molecule has 0 atom stereocenters. The maximum Gasteiger partial charge on any atom is 0.185 e. The van der Waals surface area contributed by atoms with Crippen LogP contribution in [0.3, 0.4) is 0 Å². The summed E-state index contributed by atoms with van der Waals surface area (Å²) >= 11 is -0.458. The van der Waals surface area contributed by atoms with Crippen molar-refractivity contribution in [2.75, 3.05) is 9.80 Å². The van der Waals surface area contributed by atoms with E-state index >= 15 is 8.78 Å². The van der Waals surface area contributed by atoms with Gasteiger partial charge in [-0.3, -0.25) is 0 Å². The van der Waals surface area contributed by atoms with Gasteiger partial charge >= 0.3 is 0 Å². The van der Waals surface area contributed by atoms with E-state index in [0.717, 1.165) is 101 Å². The average molecular weight is 1620 g/mol. The number of nitrogens with zero attached hydrogens (tertiary/aromatic N) is 2. The summed E-state index contributed by atoms with van der Waals surface area (Å²) in [5.74, 6) is -0.855. The molecule has 0 N–H and O–H groups in total. The van der Waals surface area contributed by atoms with Crippen LogP contribution in [0.15, 0.2) is 393 Å². The predicted molar refractivity (Wildman–Crippen MR) is 492 cm³/mol. The highest BCUT2D eigenvalue weighted by Crippen LogP contribution is 2.53. The van der Waals surface area contributed by atoms with Crippen LogP contribution < -0.4 is 40.9 Å². The monoisotopic (exact) mass is 1620 g/mol. The first-order chi connectivity index (χ1) is 56.1. The first kappa shape index (κ1) is 71.9. The zero-order valence-corrected chi connectivity index (χ0v) is 67.9. The molecule has 2 aliphatic rings. The van der Waals surface area contributed by atoms with Crippen LogP contribution in [0.1, 0.15) is 63.5 Å². The molecule has 1 aliphatic carbocycles. The Hall–Kier alpha value is -12.4. The molecule has 17 aromatic rings. The first-order valence-electron chi connectivity index (χ1n) is 39.4. The maximum absolute atomic E-state index is 18.9. The third-order valence-corrected chi connectivity index (χ3v) is 37.5. The SMILES string of the molecule is CC(C)c1cccc2c(N(c3c(F)cccc3-c3ccc([Si](C4=CC=CC=I4)(c4ccccc4)c4ccccc4)cc3)c3cccc4c3oc3ccccc34)cc(C(C)C)c3ccc(cc32)c(N(c2c(F)cccc2-c2ccc([Si](C3=CCCC=C3)(c3ccccc3)c3ccccc3)cc2)c2cccc3c2oc2ccccc23)c1. The number of hydrogen-bond donors (Lipinski definition) is 0. The molecule has 0 saturated carbocycles. The Kier molecular flexibility index (Phi) is 19.1. The zero-order chi connectivity index (χ0) is 77.0. The third kappa shape index (κ3) is 12.3. The molecule has 0 unspecified atom stereocenters. The number of halogens is 3. The van der Waals surface area contributed by atoms with Crippen molar-refractivity contribution in [2.45, 2.75) is 52.4 Å². The second-order valence-electron chi connectivity index (χ2n) is 30.4. The largest absolute Gasteiger partial charge is 0.454 e. The van der Waals surface area contributed by atoms with E-state index < -0.39 is 48.5 Å². The number of hydrogen-bond acceptors (Lipinski definition) is 4. The molecular formula is C105H81F2IN2O2Si2. The second kappa shape index (κ2) is 30.3. The Labute approximate surface area is 675 Å². The molecule has 2 bridgehead atoms. The summed E-state index contributed by atoms with van der Waals surface area (Å²) in [5.41, 5.74) is 11.5. The van der Waals surface area contributed by atoms with Gasteiger partial charge in [0.05, 0.1) is 34.1 Å². The van der Waals surface area contributed by atoms with Crippen molar-refractivity contribution in [1.82, 2.24) is 0 Å². The van der Waals surface area contributed by atoms with Gasteiger partial charge in [0, 0.05) is 38.1 Å².